The summed E-state index contributed by atoms with van der Waals surface area (Å²) in [4.78, 5) is 2.43. The Kier molecular flexibility index (Phi) is 4.50. The highest BCUT2D eigenvalue weighted by molar-refractivity contribution is 8.00. The van der Waals surface area contributed by atoms with E-state index in [1.54, 1.807) is 0 Å². The molecule has 3 heteroatoms. The van der Waals surface area contributed by atoms with Gasteiger partial charge in [-0.15, -0.1) is 0 Å². The van der Waals surface area contributed by atoms with Crippen LogP contribution in [0.2, 0.25) is 0 Å². The van der Waals surface area contributed by atoms with E-state index >= 15 is 0 Å². The summed E-state index contributed by atoms with van der Waals surface area (Å²) < 4.78 is 0. The van der Waals surface area contributed by atoms with E-state index in [1.165, 1.54) is 5.75 Å². The van der Waals surface area contributed by atoms with Gasteiger partial charge in [-0.3, -0.25) is 4.90 Å². The maximum Gasteiger partial charge on any atom is 0.0768 e. The third-order valence-corrected chi connectivity index (χ3v) is 5.12. The molecule has 0 amide bonds. The smallest absolute Gasteiger partial charge is 0.0768 e. The molecule has 0 aromatic rings. The van der Waals surface area contributed by atoms with Gasteiger partial charge in [-0.2, -0.15) is 11.8 Å². The predicted molar refractivity (Wildman–Crippen MR) is 68.4 cm³/mol. The standard InChI is InChI=1S/C12H25NOS/c1-9(2)12(5,14)8-13-6-7-15-11(4)10(13)3/h9-11,14H,6-8H2,1-5H3. The number of aliphatic hydroxyl groups is 1. The van der Waals surface area contributed by atoms with Crippen molar-refractivity contribution >= 4 is 11.8 Å². The third-order valence-electron chi connectivity index (χ3n) is 3.78. The van der Waals surface area contributed by atoms with Crippen LogP contribution in [0.15, 0.2) is 0 Å². The largest absolute Gasteiger partial charge is 0.389 e. The highest BCUT2D eigenvalue weighted by atomic mass is 32.2. The lowest BCUT2D eigenvalue weighted by molar-refractivity contribution is -0.0267. The molecule has 0 radical (unpaired) electrons. The first kappa shape index (κ1) is 13.3. The van der Waals surface area contributed by atoms with E-state index in [4.69, 9.17) is 0 Å². The van der Waals surface area contributed by atoms with Crippen LogP contribution in [-0.4, -0.2) is 45.7 Å². The van der Waals surface area contributed by atoms with Crippen LogP contribution >= 0.6 is 11.8 Å². The van der Waals surface area contributed by atoms with Crippen molar-refractivity contribution in [3.05, 3.63) is 0 Å². The summed E-state index contributed by atoms with van der Waals surface area (Å²) >= 11 is 2.04. The normalized spacial score (nSPS) is 33.0. The van der Waals surface area contributed by atoms with Crippen molar-refractivity contribution in [3.63, 3.8) is 0 Å². The second-order valence-corrected chi connectivity index (χ2v) is 6.78. The summed E-state index contributed by atoms with van der Waals surface area (Å²) in [5.41, 5.74) is -0.560. The summed E-state index contributed by atoms with van der Waals surface area (Å²) in [7, 11) is 0. The Labute approximate surface area is 98.4 Å². The van der Waals surface area contributed by atoms with E-state index < -0.39 is 5.60 Å². The van der Waals surface area contributed by atoms with Crippen molar-refractivity contribution in [1.29, 1.82) is 0 Å². The Morgan fingerprint density at radius 3 is 2.60 bits per heavy atom. The lowest BCUT2D eigenvalue weighted by Gasteiger charge is -2.42. The van der Waals surface area contributed by atoms with E-state index in [2.05, 4.69) is 32.6 Å². The molecular formula is C12H25NOS. The summed E-state index contributed by atoms with van der Waals surface area (Å²) in [6.45, 7) is 12.6. The van der Waals surface area contributed by atoms with Crippen LogP contribution in [0.1, 0.15) is 34.6 Å². The Morgan fingerprint density at radius 2 is 2.07 bits per heavy atom. The zero-order valence-electron chi connectivity index (χ0n) is 10.7. The van der Waals surface area contributed by atoms with Gasteiger partial charge in [0.25, 0.3) is 0 Å². The van der Waals surface area contributed by atoms with Crippen LogP contribution < -0.4 is 0 Å². The average molecular weight is 231 g/mol. The number of β-amino-alcohol motifs (C(OH)–C–C–N with tert-alkyl or cyclic N) is 1. The van der Waals surface area contributed by atoms with Gasteiger partial charge in [-0.1, -0.05) is 20.8 Å². The van der Waals surface area contributed by atoms with Gasteiger partial charge in [0.15, 0.2) is 0 Å². The monoisotopic (exact) mass is 231 g/mol. The van der Waals surface area contributed by atoms with E-state index in [0.29, 0.717) is 17.2 Å². The minimum absolute atomic E-state index is 0.314. The molecular weight excluding hydrogens is 206 g/mol. The molecule has 0 saturated carbocycles. The Bertz CT molecular complexity index is 206. The lowest BCUT2D eigenvalue weighted by atomic mass is 9.91. The highest BCUT2D eigenvalue weighted by Gasteiger charge is 2.33. The zero-order chi connectivity index (χ0) is 11.6. The number of nitrogens with zero attached hydrogens (tertiary/aromatic N) is 1. The lowest BCUT2D eigenvalue weighted by Crippen LogP contribution is -2.52. The minimum atomic E-state index is -0.560. The molecule has 0 aromatic carbocycles. The first-order chi connectivity index (χ1) is 6.84. The summed E-state index contributed by atoms with van der Waals surface area (Å²) in [6, 6.07) is 0.578. The molecule has 0 bridgehead atoms. The SMILES string of the molecule is CC1SCCN(CC(C)(O)C(C)C)C1C. The summed E-state index contributed by atoms with van der Waals surface area (Å²) in [6.07, 6.45) is 0. The fraction of sp³-hybridized carbons (Fsp3) is 1.00. The molecule has 2 nitrogen and oxygen atoms in total. The van der Waals surface area contributed by atoms with Gasteiger partial charge in [0.2, 0.25) is 0 Å². The van der Waals surface area contributed by atoms with Gasteiger partial charge < -0.3 is 5.11 Å². The Morgan fingerprint density at radius 1 is 1.47 bits per heavy atom. The number of hydrogen-bond acceptors (Lipinski definition) is 3. The van der Waals surface area contributed by atoms with Crippen LogP contribution in [0.25, 0.3) is 0 Å². The number of thioether (sulfide) groups is 1. The molecule has 1 aliphatic heterocycles. The van der Waals surface area contributed by atoms with Crippen LogP contribution in [0.3, 0.4) is 0 Å². The molecule has 1 N–H and O–H groups in total. The number of hydrogen-bond donors (Lipinski definition) is 1. The molecule has 0 spiro atoms. The van der Waals surface area contributed by atoms with Crippen molar-refractivity contribution in [2.45, 2.75) is 51.5 Å². The molecule has 1 saturated heterocycles. The first-order valence-corrected chi connectivity index (χ1v) is 6.97. The molecule has 3 unspecified atom stereocenters. The second-order valence-electron chi connectivity index (χ2n) is 5.30. The highest BCUT2D eigenvalue weighted by Crippen LogP contribution is 2.27. The van der Waals surface area contributed by atoms with Gasteiger partial charge in [-0.05, 0) is 19.8 Å². The van der Waals surface area contributed by atoms with E-state index in [1.807, 2.05) is 18.7 Å². The van der Waals surface area contributed by atoms with Crippen molar-refractivity contribution in [2.24, 2.45) is 5.92 Å². The second kappa shape index (κ2) is 5.07. The van der Waals surface area contributed by atoms with Gasteiger partial charge in [-0.25, -0.2) is 0 Å². The summed E-state index contributed by atoms with van der Waals surface area (Å²) in [5, 5.41) is 11.0. The zero-order valence-corrected chi connectivity index (χ0v) is 11.5. The predicted octanol–water partition coefficient (Wildman–Crippen LogP) is 2.22. The van der Waals surface area contributed by atoms with Crippen LogP contribution in [0.5, 0.6) is 0 Å². The quantitative estimate of drug-likeness (QED) is 0.805. The third kappa shape index (κ3) is 3.36. The molecule has 1 fully saturated rings. The Hall–Kier alpha value is 0.270. The molecule has 1 rings (SSSR count). The molecule has 3 atom stereocenters. The van der Waals surface area contributed by atoms with Crippen molar-refractivity contribution in [1.82, 2.24) is 4.90 Å². The van der Waals surface area contributed by atoms with Gasteiger partial charge >= 0.3 is 0 Å². The van der Waals surface area contributed by atoms with Gasteiger partial charge in [0.05, 0.1) is 5.60 Å². The molecule has 15 heavy (non-hydrogen) atoms. The van der Waals surface area contributed by atoms with Crippen molar-refractivity contribution in [2.75, 3.05) is 18.8 Å². The van der Waals surface area contributed by atoms with Gasteiger partial charge in [0, 0.05) is 30.1 Å². The first-order valence-electron chi connectivity index (χ1n) is 5.92. The summed E-state index contributed by atoms with van der Waals surface area (Å²) in [5.74, 6) is 1.51. The average Bonchev–Trinajstić information content (AvgIpc) is 2.12. The maximum absolute atomic E-state index is 10.3. The van der Waals surface area contributed by atoms with Crippen molar-refractivity contribution < 1.29 is 5.11 Å². The molecule has 0 aromatic heterocycles. The Balaban J connectivity index is 2.57. The van der Waals surface area contributed by atoms with E-state index in [9.17, 15) is 5.11 Å². The van der Waals surface area contributed by atoms with Crippen LogP contribution in [-0.2, 0) is 0 Å². The van der Waals surface area contributed by atoms with Crippen LogP contribution in [0, 0.1) is 5.92 Å². The van der Waals surface area contributed by atoms with E-state index in [0.717, 1.165) is 13.1 Å². The van der Waals surface area contributed by atoms with Crippen LogP contribution in [0.4, 0.5) is 0 Å². The topological polar surface area (TPSA) is 23.5 Å². The van der Waals surface area contributed by atoms with Crippen molar-refractivity contribution in [3.8, 4) is 0 Å². The fourth-order valence-electron chi connectivity index (χ4n) is 1.81. The molecule has 1 heterocycles. The fourth-order valence-corrected chi connectivity index (χ4v) is 2.97. The van der Waals surface area contributed by atoms with E-state index in [-0.39, 0.29) is 0 Å². The molecule has 1 aliphatic rings. The maximum atomic E-state index is 10.3. The molecule has 90 valence electrons. The minimum Gasteiger partial charge on any atom is -0.389 e. The van der Waals surface area contributed by atoms with Gasteiger partial charge in [0.1, 0.15) is 0 Å². The number of rotatable bonds is 3. The molecule has 0 aliphatic carbocycles.